The Hall–Kier alpha value is -1.19. The molecule has 1 atom stereocenters. The summed E-state index contributed by atoms with van der Waals surface area (Å²) in [6, 6.07) is 6.95. The third-order valence-corrected chi connectivity index (χ3v) is 4.48. The highest BCUT2D eigenvalue weighted by atomic mass is 32.1. The van der Waals surface area contributed by atoms with Gasteiger partial charge in [0, 0.05) is 4.88 Å². The highest BCUT2D eigenvalue weighted by Crippen LogP contribution is 2.31. The van der Waals surface area contributed by atoms with Crippen molar-refractivity contribution in [3.05, 3.63) is 50.5 Å². The standard InChI is InChI=1S/C16H22N2S/c1-6-17-15(16-12(4)18-13(5)19-16)14-8-7-10(2)9-11(14)3/h7-9,15,17H,6H2,1-5H3. The monoisotopic (exact) mass is 274 g/mol. The van der Waals surface area contributed by atoms with Crippen LogP contribution >= 0.6 is 11.3 Å². The fraction of sp³-hybridized carbons (Fsp3) is 0.438. The minimum atomic E-state index is 0.261. The summed E-state index contributed by atoms with van der Waals surface area (Å²) in [5.74, 6) is 0. The van der Waals surface area contributed by atoms with Crippen LogP contribution in [0.2, 0.25) is 0 Å². The van der Waals surface area contributed by atoms with Crippen molar-refractivity contribution >= 4 is 11.3 Å². The van der Waals surface area contributed by atoms with Gasteiger partial charge in [0.05, 0.1) is 16.7 Å². The zero-order valence-corrected chi connectivity index (χ0v) is 13.2. The fourth-order valence-corrected chi connectivity index (χ4v) is 3.53. The van der Waals surface area contributed by atoms with Gasteiger partial charge in [-0.1, -0.05) is 30.7 Å². The maximum atomic E-state index is 4.57. The second kappa shape index (κ2) is 5.85. The molecule has 1 aromatic heterocycles. The summed E-state index contributed by atoms with van der Waals surface area (Å²) in [6.07, 6.45) is 0. The van der Waals surface area contributed by atoms with Crippen molar-refractivity contribution in [2.75, 3.05) is 6.54 Å². The number of rotatable bonds is 4. The molecule has 0 aliphatic rings. The predicted molar refractivity (Wildman–Crippen MR) is 83.0 cm³/mol. The molecule has 0 aliphatic heterocycles. The summed E-state index contributed by atoms with van der Waals surface area (Å²) in [6.45, 7) is 11.6. The van der Waals surface area contributed by atoms with Crippen LogP contribution in [0.25, 0.3) is 0 Å². The third kappa shape index (κ3) is 3.04. The summed E-state index contributed by atoms with van der Waals surface area (Å²) >= 11 is 1.80. The second-order valence-corrected chi connectivity index (χ2v) is 6.27. The van der Waals surface area contributed by atoms with E-state index in [-0.39, 0.29) is 6.04 Å². The average molecular weight is 274 g/mol. The van der Waals surface area contributed by atoms with E-state index in [0.717, 1.165) is 17.2 Å². The van der Waals surface area contributed by atoms with Crippen LogP contribution in [0.15, 0.2) is 18.2 Å². The molecule has 0 saturated carbocycles. The van der Waals surface area contributed by atoms with E-state index in [2.05, 4.69) is 63.1 Å². The van der Waals surface area contributed by atoms with Gasteiger partial charge in [-0.3, -0.25) is 0 Å². The number of aryl methyl sites for hydroxylation is 4. The first kappa shape index (κ1) is 14.2. The number of thiazole rings is 1. The molecule has 102 valence electrons. The van der Waals surface area contributed by atoms with Crippen LogP contribution in [0.4, 0.5) is 0 Å². The zero-order valence-electron chi connectivity index (χ0n) is 12.4. The van der Waals surface area contributed by atoms with E-state index in [1.165, 1.54) is 21.6 Å². The first-order valence-corrected chi connectivity index (χ1v) is 7.59. The zero-order chi connectivity index (χ0) is 14.0. The van der Waals surface area contributed by atoms with Gasteiger partial charge in [0.15, 0.2) is 0 Å². The maximum absolute atomic E-state index is 4.57. The SMILES string of the molecule is CCNC(c1ccc(C)cc1C)c1sc(C)nc1C. The van der Waals surface area contributed by atoms with E-state index in [1.807, 2.05) is 0 Å². The molecule has 2 nitrogen and oxygen atoms in total. The molecule has 3 heteroatoms. The summed E-state index contributed by atoms with van der Waals surface area (Å²) in [5, 5.41) is 4.74. The smallest absolute Gasteiger partial charge is 0.0900 e. The van der Waals surface area contributed by atoms with Crippen molar-refractivity contribution in [1.82, 2.24) is 10.3 Å². The summed E-state index contributed by atoms with van der Waals surface area (Å²) in [4.78, 5) is 5.90. The largest absolute Gasteiger partial charge is 0.306 e. The van der Waals surface area contributed by atoms with Gasteiger partial charge in [0.25, 0.3) is 0 Å². The Labute approximate surface area is 119 Å². The van der Waals surface area contributed by atoms with Crippen LogP contribution in [-0.4, -0.2) is 11.5 Å². The lowest BCUT2D eigenvalue weighted by atomic mass is 9.97. The lowest BCUT2D eigenvalue weighted by Gasteiger charge is -2.20. The molecule has 1 unspecified atom stereocenters. The first-order valence-electron chi connectivity index (χ1n) is 6.77. The fourth-order valence-electron chi connectivity index (χ4n) is 2.51. The molecule has 0 fully saturated rings. The van der Waals surface area contributed by atoms with Crippen LogP contribution < -0.4 is 5.32 Å². The molecule has 0 saturated heterocycles. The number of benzene rings is 1. The van der Waals surface area contributed by atoms with Crippen LogP contribution in [0.3, 0.4) is 0 Å². The van der Waals surface area contributed by atoms with Gasteiger partial charge in [-0.25, -0.2) is 4.98 Å². The molecule has 0 amide bonds. The quantitative estimate of drug-likeness (QED) is 0.909. The molecule has 19 heavy (non-hydrogen) atoms. The van der Waals surface area contributed by atoms with Crippen molar-refractivity contribution in [3.63, 3.8) is 0 Å². The topological polar surface area (TPSA) is 24.9 Å². The third-order valence-electron chi connectivity index (χ3n) is 3.35. The number of nitrogens with zero attached hydrogens (tertiary/aromatic N) is 1. The van der Waals surface area contributed by atoms with Gasteiger partial charge < -0.3 is 5.32 Å². The Kier molecular flexibility index (Phi) is 4.38. The Bertz CT molecular complexity index is 572. The number of hydrogen-bond donors (Lipinski definition) is 1. The summed E-state index contributed by atoms with van der Waals surface area (Å²) in [5.41, 5.74) is 5.16. The van der Waals surface area contributed by atoms with Crippen LogP contribution in [0.1, 0.15) is 45.2 Å². The highest BCUT2D eigenvalue weighted by Gasteiger charge is 2.20. The van der Waals surface area contributed by atoms with Gasteiger partial charge >= 0.3 is 0 Å². The number of nitrogens with one attached hydrogen (secondary N) is 1. The number of hydrogen-bond acceptors (Lipinski definition) is 3. The Morgan fingerprint density at radius 1 is 1.21 bits per heavy atom. The van der Waals surface area contributed by atoms with E-state index in [4.69, 9.17) is 0 Å². The Balaban J connectivity index is 2.48. The van der Waals surface area contributed by atoms with Gasteiger partial charge in [-0.15, -0.1) is 11.3 Å². The summed E-state index contributed by atoms with van der Waals surface area (Å²) < 4.78 is 0. The minimum absolute atomic E-state index is 0.261. The molecular formula is C16H22N2S. The van der Waals surface area contributed by atoms with E-state index in [0.29, 0.717) is 0 Å². The Morgan fingerprint density at radius 2 is 1.95 bits per heavy atom. The molecule has 0 aliphatic carbocycles. The molecule has 2 aromatic rings. The minimum Gasteiger partial charge on any atom is -0.306 e. The summed E-state index contributed by atoms with van der Waals surface area (Å²) in [7, 11) is 0. The van der Waals surface area contributed by atoms with Gasteiger partial charge in [-0.2, -0.15) is 0 Å². The normalized spacial score (nSPS) is 12.7. The Morgan fingerprint density at radius 3 is 2.47 bits per heavy atom. The molecule has 1 aromatic carbocycles. The molecule has 2 rings (SSSR count). The van der Waals surface area contributed by atoms with Crippen molar-refractivity contribution in [2.24, 2.45) is 0 Å². The highest BCUT2D eigenvalue weighted by molar-refractivity contribution is 7.11. The van der Waals surface area contributed by atoms with Crippen molar-refractivity contribution in [1.29, 1.82) is 0 Å². The van der Waals surface area contributed by atoms with E-state index in [1.54, 1.807) is 11.3 Å². The first-order chi connectivity index (χ1) is 9.02. The second-order valence-electron chi connectivity index (χ2n) is 5.03. The van der Waals surface area contributed by atoms with Gasteiger partial charge in [0.1, 0.15) is 0 Å². The molecule has 0 spiro atoms. The molecule has 1 N–H and O–H groups in total. The molecule has 1 heterocycles. The average Bonchev–Trinajstić information content (AvgIpc) is 2.66. The van der Waals surface area contributed by atoms with Gasteiger partial charge in [0.2, 0.25) is 0 Å². The van der Waals surface area contributed by atoms with E-state index >= 15 is 0 Å². The van der Waals surface area contributed by atoms with Crippen molar-refractivity contribution < 1.29 is 0 Å². The maximum Gasteiger partial charge on any atom is 0.0900 e. The predicted octanol–water partition coefficient (Wildman–Crippen LogP) is 4.08. The van der Waals surface area contributed by atoms with Crippen LogP contribution in [0, 0.1) is 27.7 Å². The van der Waals surface area contributed by atoms with Gasteiger partial charge in [-0.05, 0) is 45.4 Å². The van der Waals surface area contributed by atoms with Crippen molar-refractivity contribution in [3.8, 4) is 0 Å². The van der Waals surface area contributed by atoms with Crippen LogP contribution in [0.5, 0.6) is 0 Å². The number of aromatic nitrogens is 1. The lowest BCUT2D eigenvalue weighted by molar-refractivity contribution is 0.632. The lowest BCUT2D eigenvalue weighted by Crippen LogP contribution is -2.22. The van der Waals surface area contributed by atoms with Crippen LogP contribution in [-0.2, 0) is 0 Å². The molecular weight excluding hydrogens is 252 g/mol. The van der Waals surface area contributed by atoms with E-state index < -0.39 is 0 Å². The molecule has 0 bridgehead atoms. The molecule has 0 radical (unpaired) electrons. The van der Waals surface area contributed by atoms with E-state index in [9.17, 15) is 0 Å². The van der Waals surface area contributed by atoms with Crippen molar-refractivity contribution in [2.45, 2.75) is 40.7 Å².